The summed E-state index contributed by atoms with van der Waals surface area (Å²) in [5, 5.41) is 7.71. The van der Waals surface area contributed by atoms with Crippen molar-refractivity contribution in [3.8, 4) is 5.75 Å². The van der Waals surface area contributed by atoms with Gasteiger partial charge in [-0.3, -0.25) is 4.79 Å². The lowest BCUT2D eigenvalue weighted by Crippen LogP contribution is -2.22. The van der Waals surface area contributed by atoms with Crippen LogP contribution in [0.4, 0.5) is 5.82 Å². The maximum Gasteiger partial charge on any atom is 0.263 e. The zero-order valence-electron chi connectivity index (χ0n) is 13.8. The molecule has 0 atom stereocenters. The fraction of sp³-hybridized carbons (Fsp3) is 0.158. The van der Waals surface area contributed by atoms with Crippen LogP contribution in [-0.2, 0) is 11.3 Å². The van der Waals surface area contributed by atoms with Gasteiger partial charge in [0, 0.05) is 11.1 Å². The van der Waals surface area contributed by atoms with Crippen LogP contribution in [0.5, 0.6) is 5.75 Å². The Hall–Kier alpha value is -2.79. The molecule has 0 aliphatic rings. The molecular weight excluding hydrogens is 338 g/mol. The first-order chi connectivity index (χ1) is 12.1. The van der Waals surface area contributed by atoms with Gasteiger partial charge in [0.2, 0.25) is 0 Å². The molecule has 1 amide bonds. The topological polar surface area (TPSA) is 56.2 Å². The predicted molar refractivity (Wildman–Crippen MR) is 98.1 cm³/mol. The van der Waals surface area contributed by atoms with Gasteiger partial charge in [0.25, 0.3) is 5.91 Å². The molecule has 0 unspecified atom stereocenters. The number of nitrogens with one attached hydrogen (secondary N) is 1. The molecule has 5 nitrogen and oxygen atoms in total. The molecule has 0 fully saturated rings. The van der Waals surface area contributed by atoms with Crippen molar-refractivity contribution < 1.29 is 9.53 Å². The minimum atomic E-state index is -0.249. The van der Waals surface area contributed by atoms with E-state index in [2.05, 4.69) is 16.5 Å². The van der Waals surface area contributed by atoms with E-state index < -0.39 is 0 Å². The van der Waals surface area contributed by atoms with E-state index in [1.165, 1.54) is 5.56 Å². The Kier molecular flexibility index (Phi) is 5.36. The van der Waals surface area contributed by atoms with Crippen molar-refractivity contribution in [1.29, 1.82) is 0 Å². The smallest absolute Gasteiger partial charge is 0.263 e. The highest BCUT2D eigenvalue weighted by Crippen LogP contribution is 2.16. The van der Waals surface area contributed by atoms with Crippen LogP contribution < -0.4 is 10.1 Å². The van der Waals surface area contributed by atoms with Gasteiger partial charge in [0.1, 0.15) is 11.6 Å². The van der Waals surface area contributed by atoms with Crippen molar-refractivity contribution in [1.82, 2.24) is 9.78 Å². The molecule has 1 heterocycles. The lowest BCUT2D eigenvalue weighted by Gasteiger charge is -2.10. The van der Waals surface area contributed by atoms with Crippen molar-refractivity contribution in [3.63, 3.8) is 0 Å². The van der Waals surface area contributed by atoms with E-state index in [1.807, 2.05) is 25.1 Å². The summed E-state index contributed by atoms with van der Waals surface area (Å²) in [5.74, 6) is 0.972. The highest BCUT2D eigenvalue weighted by molar-refractivity contribution is 6.30. The van der Waals surface area contributed by atoms with E-state index in [4.69, 9.17) is 16.3 Å². The molecule has 128 valence electrons. The summed E-state index contributed by atoms with van der Waals surface area (Å²) in [6, 6.07) is 16.8. The average Bonchev–Trinajstić information content (AvgIpc) is 3.01. The van der Waals surface area contributed by atoms with Gasteiger partial charge >= 0.3 is 0 Å². The van der Waals surface area contributed by atoms with Crippen LogP contribution in [0.2, 0.25) is 5.02 Å². The first-order valence-electron chi connectivity index (χ1n) is 7.86. The summed E-state index contributed by atoms with van der Waals surface area (Å²) < 4.78 is 7.19. The van der Waals surface area contributed by atoms with Gasteiger partial charge in [0.05, 0.1) is 12.7 Å². The number of halogens is 1. The number of hydrogen-bond acceptors (Lipinski definition) is 3. The maximum atomic E-state index is 12.1. The van der Waals surface area contributed by atoms with Gasteiger partial charge in [-0.1, -0.05) is 41.4 Å². The van der Waals surface area contributed by atoms with Crippen LogP contribution in [0.3, 0.4) is 0 Å². The Morgan fingerprint density at radius 2 is 2.00 bits per heavy atom. The molecule has 25 heavy (non-hydrogen) atoms. The number of aryl methyl sites for hydroxylation is 1. The van der Waals surface area contributed by atoms with Crippen LogP contribution in [-0.4, -0.2) is 22.3 Å². The quantitative estimate of drug-likeness (QED) is 0.729. The highest BCUT2D eigenvalue weighted by Gasteiger charge is 2.09. The van der Waals surface area contributed by atoms with Crippen LogP contribution in [0.1, 0.15) is 11.1 Å². The first-order valence-corrected chi connectivity index (χ1v) is 8.23. The van der Waals surface area contributed by atoms with Gasteiger partial charge in [-0.05, 0) is 36.8 Å². The zero-order valence-corrected chi connectivity index (χ0v) is 14.5. The lowest BCUT2D eigenvalue weighted by molar-refractivity contribution is -0.118. The van der Waals surface area contributed by atoms with Crippen molar-refractivity contribution in [3.05, 3.63) is 76.9 Å². The molecule has 0 aliphatic carbocycles. The number of amides is 1. The number of carbonyl (C=O) groups is 1. The second kappa shape index (κ2) is 7.85. The maximum absolute atomic E-state index is 12.1. The number of aromatic nitrogens is 2. The SMILES string of the molecule is Cc1cccc(Cn2nccc2NC(=O)COc2ccc(Cl)cc2)c1. The van der Waals surface area contributed by atoms with Gasteiger partial charge in [-0.15, -0.1) is 0 Å². The third-order valence-electron chi connectivity index (χ3n) is 3.58. The number of ether oxygens (including phenoxy) is 1. The third kappa shape index (κ3) is 4.84. The van der Waals surface area contributed by atoms with Crippen molar-refractivity contribution >= 4 is 23.3 Å². The van der Waals surface area contributed by atoms with E-state index >= 15 is 0 Å². The molecule has 0 aliphatic heterocycles. The Morgan fingerprint density at radius 1 is 1.20 bits per heavy atom. The van der Waals surface area contributed by atoms with E-state index in [1.54, 1.807) is 41.2 Å². The minimum absolute atomic E-state index is 0.0861. The van der Waals surface area contributed by atoms with Crippen molar-refractivity contribution in [2.45, 2.75) is 13.5 Å². The zero-order chi connectivity index (χ0) is 17.6. The number of nitrogens with zero attached hydrogens (tertiary/aromatic N) is 2. The second-order valence-electron chi connectivity index (χ2n) is 5.65. The lowest BCUT2D eigenvalue weighted by atomic mass is 10.1. The molecule has 0 saturated heterocycles. The summed E-state index contributed by atoms with van der Waals surface area (Å²) in [4.78, 5) is 12.1. The molecule has 0 spiro atoms. The normalized spacial score (nSPS) is 10.5. The summed E-state index contributed by atoms with van der Waals surface area (Å²) in [5.41, 5.74) is 2.31. The van der Waals surface area contributed by atoms with E-state index in [-0.39, 0.29) is 12.5 Å². The molecule has 6 heteroatoms. The molecule has 0 bridgehead atoms. The minimum Gasteiger partial charge on any atom is -0.484 e. The number of benzene rings is 2. The van der Waals surface area contributed by atoms with Gasteiger partial charge < -0.3 is 10.1 Å². The molecule has 0 saturated carbocycles. The van der Waals surface area contributed by atoms with Crippen LogP contribution in [0.15, 0.2) is 60.8 Å². The van der Waals surface area contributed by atoms with Gasteiger partial charge in [-0.2, -0.15) is 5.10 Å². The molecule has 1 aromatic heterocycles. The molecule has 3 aromatic rings. The standard InChI is InChI=1S/C19H18ClN3O2/c1-14-3-2-4-15(11-14)12-23-18(9-10-21-23)22-19(24)13-25-17-7-5-16(20)6-8-17/h2-11H,12-13H2,1H3,(H,22,24). The van der Waals surface area contributed by atoms with E-state index in [0.29, 0.717) is 23.1 Å². The van der Waals surface area contributed by atoms with Crippen molar-refractivity contribution in [2.24, 2.45) is 0 Å². The van der Waals surface area contributed by atoms with Crippen molar-refractivity contribution in [2.75, 3.05) is 11.9 Å². The van der Waals surface area contributed by atoms with Crippen LogP contribution >= 0.6 is 11.6 Å². The largest absolute Gasteiger partial charge is 0.484 e. The van der Waals surface area contributed by atoms with Crippen LogP contribution in [0.25, 0.3) is 0 Å². The number of rotatable bonds is 6. The molecule has 1 N–H and O–H groups in total. The molecule has 2 aromatic carbocycles. The Balaban J connectivity index is 1.58. The Labute approximate surface area is 151 Å². The summed E-state index contributed by atoms with van der Waals surface area (Å²) >= 11 is 5.82. The number of anilines is 1. The van der Waals surface area contributed by atoms with Gasteiger partial charge in [0.15, 0.2) is 6.61 Å². The van der Waals surface area contributed by atoms with Crippen LogP contribution in [0, 0.1) is 6.92 Å². The predicted octanol–water partition coefficient (Wildman–Crippen LogP) is 3.91. The monoisotopic (exact) mass is 355 g/mol. The molecule has 0 radical (unpaired) electrons. The Morgan fingerprint density at radius 3 is 2.76 bits per heavy atom. The summed E-state index contributed by atoms with van der Waals surface area (Å²) in [6.45, 7) is 2.54. The number of hydrogen-bond donors (Lipinski definition) is 1. The summed E-state index contributed by atoms with van der Waals surface area (Å²) in [7, 11) is 0. The molecule has 3 rings (SSSR count). The van der Waals surface area contributed by atoms with E-state index in [0.717, 1.165) is 5.56 Å². The second-order valence-corrected chi connectivity index (χ2v) is 6.09. The fourth-order valence-electron chi connectivity index (χ4n) is 2.41. The molecular formula is C19H18ClN3O2. The van der Waals surface area contributed by atoms with Gasteiger partial charge in [-0.25, -0.2) is 4.68 Å². The summed E-state index contributed by atoms with van der Waals surface area (Å²) in [6.07, 6.45) is 1.66. The highest BCUT2D eigenvalue weighted by atomic mass is 35.5. The fourth-order valence-corrected chi connectivity index (χ4v) is 2.53. The number of carbonyl (C=O) groups excluding carboxylic acids is 1. The Bertz CT molecular complexity index is 859. The van der Waals surface area contributed by atoms with E-state index in [9.17, 15) is 4.79 Å². The average molecular weight is 356 g/mol. The third-order valence-corrected chi connectivity index (χ3v) is 3.83. The first kappa shape index (κ1) is 17.0.